The zero-order valence-electron chi connectivity index (χ0n) is 10.9. The third-order valence-corrected chi connectivity index (χ3v) is 3.81. The third-order valence-electron chi connectivity index (χ3n) is 3.61. The lowest BCUT2D eigenvalue weighted by molar-refractivity contribution is 0.0574. The topological polar surface area (TPSA) is 51.3 Å². The molecule has 1 fully saturated rings. The van der Waals surface area contributed by atoms with Gasteiger partial charge in [-0.3, -0.25) is 4.79 Å². The van der Waals surface area contributed by atoms with E-state index in [1.54, 1.807) is 16.8 Å². The predicted octanol–water partition coefficient (Wildman–Crippen LogP) is 2.02. The first kappa shape index (κ1) is 13.4. The predicted molar refractivity (Wildman–Crippen MR) is 72.7 cm³/mol. The van der Waals surface area contributed by atoms with Crippen LogP contribution in [0.2, 0.25) is 5.02 Å². The van der Waals surface area contributed by atoms with Crippen LogP contribution in [0.5, 0.6) is 0 Å². The third kappa shape index (κ3) is 2.54. The number of nitrogens with two attached hydrogens (primary N) is 1. The molecule has 0 spiro atoms. The van der Waals surface area contributed by atoms with Gasteiger partial charge in [0.05, 0.1) is 5.02 Å². The number of halogens is 1. The monoisotopic (exact) mass is 269 g/mol. The molecule has 0 radical (unpaired) electrons. The lowest BCUT2D eigenvalue weighted by Crippen LogP contribution is -2.52. The normalized spacial score (nSPS) is 22.0. The molecule has 100 valence electrons. The molecule has 1 aliphatic heterocycles. The van der Waals surface area contributed by atoms with Gasteiger partial charge in [-0.05, 0) is 32.3 Å². The van der Waals surface area contributed by atoms with Gasteiger partial charge in [-0.15, -0.1) is 0 Å². The Balaban J connectivity index is 2.23. The first-order valence-corrected chi connectivity index (χ1v) is 6.77. The van der Waals surface area contributed by atoms with E-state index in [0.717, 1.165) is 25.8 Å². The number of aryl methyl sites for hydroxylation is 1. The molecular weight excluding hydrogens is 250 g/mol. The summed E-state index contributed by atoms with van der Waals surface area (Å²) in [5, 5.41) is 0.593. The number of amides is 1. The number of hydrogen-bond donors (Lipinski definition) is 1. The molecule has 18 heavy (non-hydrogen) atoms. The van der Waals surface area contributed by atoms with Crippen molar-refractivity contribution >= 4 is 17.5 Å². The highest BCUT2D eigenvalue weighted by atomic mass is 35.5. The zero-order chi connectivity index (χ0) is 13.3. The zero-order valence-corrected chi connectivity index (χ0v) is 11.7. The minimum Gasteiger partial charge on any atom is -0.345 e. The molecule has 2 atom stereocenters. The number of hydrogen-bond acceptors (Lipinski definition) is 2. The molecule has 0 bridgehead atoms. The molecular formula is C13H20ClN3O. The lowest BCUT2D eigenvalue weighted by Gasteiger charge is -2.38. The van der Waals surface area contributed by atoms with Crippen molar-refractivity contribution in [1.82, 2.24) is 9.47 Å². The van der Waals surface area contributed by atoms with Crippen molar-refractivity contribution in [3.8, 4) is 0 Å². The fraction of sp³-hybridized carbons (Fsp3) is 0.615. The fourth-order valence-corrected chi connectivity index (χ4v) is 2.89. The first-order chi connectivity index (χ1) is 8.50. The van der Waals surface area contributed by atoms with E-state index in [-0.39, 0.29) is 18.0 Å². The molecule has 1 aliphatic rings. The molecule has 1 aromatic heterocycles. The number of piperidine rings is 1. The molecule has 1 saturated heterocycles. The van der Waals surface area contributed by atoms with E-state index in [1.807, 2.05) is 18.9 Å². The molecule has 1 aromatic rings. The molecule has 0 aliphatic carbocycles. The molecule has 0 saturated carbocycles. The van der Waals surface area contributed by atoms with Gasteiger partial charge < -0.3 is 15.2 Å². The van der Waals surface area contributed by atoms with E-state index < -0.39 is 0 Å². The fourth-order valence-electron chi connectivity index (χ4n) is 2.64. The Morgan fingerprint density at radius 1 is 1.56 bits per heavy atom. The Hall–Kier alpha value is -1.00. The van der Waals surface area contributed by atoms with Crippen molar-refractivity contribution in [2.24, 2.45) is 12.8 Å². The van der Waals surface area contributed by atoms with Crippen LogP contribution in [0, 0.1) is 0 Å². The van der Waals surface area contributed by atoms with Gasteiger partial charge in [0, 0.05) is 31.9 Å². The summed E-state index contributed by atoms with van der Waals surface area (Å²) in [4.78, 5) is 14.4. The number of nitrogens with zero attached hydrogens (tertiary/aromatic N) is 2. The van der Waals surface area contributed by atoms with Crippen LogP contribution in [0.25, 0.3) is 0 Å². The van der Waals surface area contributed by atoms with Crippen molar-refractivity contribution in [1.29, 1.82) is 0 Å². The van der Waals surface area contributed by atoms with E-state index in [2.05, 4.69) is 0 Å². The maximum absolute atomic E-state index is 12.5. The second-order valence-corrected chi connectivity index (χ2v) is 5.51. The molecule has 2 heterocycles. The van der Waals surface area contributed by atoms with Crippen LogP contribution in [0.4, 0.5) is 0 Å². The van der Waals surface area contributed by atoms with Crippen LogP contribution in [0.1, 0.15) is 36.7 Å². The van der Waals surface area contributed by atoms with Crippen LogP contribution in [-0.2, 0) is 7.05 Å². The van der Waals surface area contributed by atoms with Crippen molar-refractivity contribution < 1.29 is 4.79 Å². The molecule has 4 nitrogen and oxygen atoms in total. The molecule has 2 unspecified atom stereocenters. The molecule has 0 aromatic carbocycles. The van der Waals surface area contributed by atoms with Gasteiger partial charge in [0.25, 0.3) is 5.91 Å². The van der Waals surface area contributed by atoms with E-state index in [9.17, 15) is 4.79 Å². The Bertz CT molecular complexity index is 441. The molecule has 2 rings (SSSR count). The second kappa shape index (κ2) is 5.33. The van der Waals surface area contributed by atoms with E-state index in [1.165, 1.54) is 0 Å². The van der Waals surface area contributed by atoms with Crippen molar-refractivity contribution in [2.45, 2.75) is 38.3 Å². The SMILES string of the molecule is CC(N)C1CCCCN1C(=O)c1cc(Cl)cn1C. The minimum atomic E-state index is 0.00462. The summed E-state index contributed by atoms with van der Waals surface area (Å²) in [6, 6.07) is 1.86. The maximum Gasteiger partial charge on any atom is 0.270 e. The Kier molecular flexibility index (Phi) is 3.97. The van der Waals surface area contributed by atoms with E-state index >= 15 is 0 Å². The van der Waals surface area contributed by atoms with Gasteiger partial charge in [0.2, 0.25) is 0 Å². The highest BCUT2D eigenvalue weighted by Crippen LogP contribution is 2.23. The van der Waals surface area contributed by atoms with Crippen molar-refractivity contribution in [2.75, 3.05) is 6.54 Å². The van der Waals surface area contributed by atoms with Crippen LogP contribution >= 0.6 is 11.6 Å². The highest BCUT2D eigenvalue weighted by Gasteiger charge is 2.30. The summed E-state index contributed by atoms with van der Waals surface area (Å²) >= 11 is 5.93. The summed E-state index contributed by atoms with van der Waals surface area (Å²) in [5.41, 5.74) is 6.62. The molecule has 5 heteroatoms. The van der Waals surface area contributed by atoms with Gasteiger partial charge in [-0.1, -0.05) is 11.6 Å². The first-order valence-electron chi connectivity index (χ1n) is 6.39. The summed E-state index contributed by atoms with van der Waals surface area (Å²) in [5.74, 6) is 0.0337. The number of rotatable bonds is 2. The van der Waals surface area contributed by atoms with E-state index in [4.69, 9.17) is 17.3 Å². The van der Waals surface area contributed by atoms with Gasteiger partial charge in [-0.25, -0.2) is 0 Å². The maximum atomic E-state index is 12.5. The van der Waals surface area contributed by atoms with Crippen molar-refractivity contribution in [3.05, 3.63) is 23.0 Å². The minimum absolute atomic E-state index is 0.00462. The van der Waals surface area contributed by atoms with Crippen LogP contribution in [0.15, 0.2) is 12.3 Å². The molecule has 1 amide bonds. The standard InChI is InChI=1S/C13H20ClN3O/c1-9(15)11-5-3-4-6-17(11)13(18)12-7-10(14)8-16(12)2/h7-9,11H,3-6,15H2,1-2H3. The lowest BCUT2D eigenvalue weighted by atomic mass is 9.96. The highest BCUT2D eigenvalue weighted by molar-refractivity contribution is 6.31. The smallest absolute Gasteiger partial charge is 0.270 e. The van der Waals surface area contributed by atoms with E-state index in [0.29, 0.717) is 10.7 Å². The average molecular weight is 270 g/mol. The Morgan fingerprint density at radius 2 is 2.28 bits per heavy atom. The van der Waals surface area contributed by atoms with Crippen molar-refractivity contribution in [3.63, 3.8) is 0 Å². The second-order valence-electron chi connectivity index (χ2n) is 5.08. The molecule has 2 N–H and O–H groups in total. The summed E-state index contributed by atoms with van der Waals surface area (Å²) < 4.78 is 1.78. The largest absolute Gasteiger partial charge is 0.345 e. The van der Waals surface area contributed by atoms with Crippen LogP contribution in [-0.4, -0.2) is 34.0 Å². The van der Waals surface area contributed by atoms with Gasteiger partial charge in [0.15, 0.2) is 0 Å². The summed E-state index contributed by atoms with van der Waals surface area (Å²) in [7, 11) is 1.84. The van der Waals surface area contributed by atoms with Gasteiger partial charge >= 0.3 is 0 Å². The number of likely N-dealkylation sites (tertiary alicyclic amines) is 1. The van der Waals surface area contributed by atoms with Crippen LogP contribution in [0.3, 0.4) is 0 Å². The number of carbonyl (C=O) groups excluding carboxylic acids is 1. The summed E-state index contributed by atoms with van der Waals surface area (Å²) in [6.07, 6.45) is 4.93. The van der Waals surface area contributed by atoms with Gasteiger partial charge in [-0.2, -0.15) is 0 Å². The Morgan fingerprint density at radius 3 is 2.83 bits per heavy atom. The average Bonchev–Trinajstić information content (AvgIpc) is 2.67. The number of carbonyl (C=O) groups is 1. The number of aromatic nitrogens is 1. The quantitative estimate of drug-likeness (QED) is 0.893. The van der Waals surface area contributed by atoms with Gasteiger partial charge in [0.1, 0.15) is 5.69 Å². The summed E-state index contributed by atoms with van der Waals surface area (Å²) in [6.45, 7) is 2.75. The Labute approximate surface area is 113 Å². The van der Waals surface area contributed by atoms with Crippen LogP contribution < -0.4 is 5.73 Å².